The highest BCUT2D eigenvalue weighted by atomic mass is 19.4. The molecule has 0 saturated carbocycles. The van der Waals surface area contributed by atoms with E-state index in [0.717, 1.165) is 38.1 Å². The molecule has 8 heteroatoms. The smallest absolute Gasteiger partial charge is 0.338 e. The fraction of sp³-hybridized carbons (Fsp3) is 0.600. The molecule has 2 aliphatic rings. The Morgan fingerprint density at radius 2 is 1.61 bits per heavy atom. The van der Waals surface area contributed by atoms with Crippen molar-refractivity contribution in [1.82, 2.24) is 14.7 Å². The van der Waals surface area contributed by atoms with Crippen molar-refractivity contribution >= 4 is 11.8 Å². The zero-order valence-corrected chi connectivity index (χ0v) is 16.0. The van der Waals surface area contributed by atoms with Crippen LogP contribution < -0.4 is 0 Å². The molecule has 2 saturated heterocycles. The van der Waals surface area contributed by atoms with Crippen molar-refractivity contribution in [2.75, 3.05) is 45.8 Å². The second-order valence-electron chi connectivity index (χ2n) is 7.71. The number of benzene rings is 1. The molecule has 0 aromatic heterocycles. The predicted octanol–water partition coefficient (Wildman–Crippen LogP) is 2.72. The van der Waals surface area contributed by atoms with Crippen LogP contribution in [0.4, 0.5) is 13.2 Å². The van der Waals surface area contributed by atoms with E-state index in [4.69, 9.17) is 0 Å². The number of rotatable bonds is 3. The van der Waals surface area contributed by atoms with Crippen LogP contribution in [0.2, 0.25) is 0 Å². The summed E-state index contributed by atoms with van der Waals surface area (Å²) in [6.07, 6.45) is -2.27. The number of piperidine rings is 1. The lowest BCUT2D eigenvalue weighted by molar-refractivity contribution is -0.137. The number of piperazine rings is 1. The first kappa shape index (κ1) is 20.6. The second-order valence-corrected chi connectivity index (χ2v) is 7.71. The van der Waals surface area contributed by atoms with E-state index in [1.807, 2.05) is 0 Å². The first-order valence-electron chi connectivity index (χ1n) is 9.70. The average molecular weight is 397 g/mol. The fourth-order valence-corrected chi connectivity index (χ4v) is 3.68. The van der Waals surface area contributed by atoms with Crippen LogP contribution in [-0.4, -0.2) is 72.3 Å². The van der Waals surface area contributed by atoms with E-state index in [1.54, 1.807) is 4.90 Å². The third-order valence-electron chi connectivity index (χ3n) is 5.59. The quantitative estimate of drug-likeness (QED) is 0.788. The van der Waals surface area contributed by atoms with E-state index in [9.17, 15) is 22.8 Å². The van der Waals surface area contributed by atoms with E-state index in [1.165, 1.54) is 17.0 Å². The van der Waals surface area contributed by atoms with Gasteiger partial charge in [-0.2, -0.15) is 13.2 Å². The minimum Gasteiger partial charge on any atom is -0.338 e. The monoisotopic (exact) mass is 397 g/mol. The summed E-state index contributed by atoms with van der Waals surface area (Å²) in [5.74, 6) is 0.334. The Hall–Kier alpha value is -2.09. The van der Waals surface area contributed by atoms with Gasteiger partial charge in [-0.15, -0.1) is 0 Å². The first-order valence-corrected chi connectivity index (χ1v) is 9.70. The van der Waals surface area contributed by atoms with Gasteiger partial charge in [0.25, 0.3) is 5.91 Å². The summed E-state index contributed by atoms with van der Waals surface area (Å²) in [5.41, 5.74) is -0.806. The second kappa shape index (κ2) is 8.51. The molecule has 3 rings (SSSR count). The Morgan fingerprint density at radius 3 is 2.21 bits per heavy atom. The number of hydrogen-bond donors (Lipinski definition) is 0. The summed E-state index contributed by atoms with van der Waals surface area (Å²) in [7, 11) is 0. The van der Waals surface area contributed by atoms with Gasteiger partial charge >= 0.3 is 6.18 Å². The molecular weight excluding hydrogens is 371 g/mol. The number of amides is 2. The molecule has 2 aliphatic heterocycles. The summed E-state index contributed by atoms with van der Waals surface area (Å²) in [6.45, 7) is 5.97. The van der Waals surface area contributed by atoms with E-state index in [2.05, 4.69) is 11.8 Å². The molecular formula is C20H26F3N3O2. The highest BCUT2D eigenvalue weighted by molar-refractivity contribution is 5.94. The van der Waals surface area contributed by atoms with Crippen LogP contribution in [0.1, 0.15) is 35.7 Å². The molecule has 2 heterocycles. The van der Waals surface area contributed by atoms with Crippen LogP contribution in [0.5, 0.6) is 0 Å². The van der Waals surface area contributed by atoms with Gasteiger partial charge in [0, 0.05) is 31.7 Å². The molecule has 0 unspecified atom stereocenters. The summed E-state index contributed by atoms with van der Waals surface area (Å²) in [5, 5.41) is 0. The van der Waals surface area contributed by atoms with E-state index < -0.39 is 17.6 Å². The fourth-order valence-electron chi connectivity index (χ4n) is 3.68. The van der Waals surface area contributed by atoms with Crippen LogP contribution >= 0.6 is 0 Å². The zero-order valence-electron chi connectivity index (χ0n) is 16.0. The van der Waals surface area contributed by atoms with Gasteiger partial charge in [0.05, 0.1) is 12.1 Å². The molecule has 0 radical (unpaired) electrons. The number of carbonyl (C=O) groups excluding carboxylic acids is 2. The number of nitrogens with zero attached hydrogens (tertiary/aromatic N) is 3. The van der Waals surface area contributed by atoms with Gasteiger partial charge in [0.15, 0.2) is 0 Å². The van der Waals surface area contributed by atoms with Crippen LogP contribution in [0, 0.1) is 5.92 Å². The highest BCUT2D eigenvalue weighted by Gasteiger charge is 2.32. The van der Waals surface area contributed by atoms with Crippen molar-refractivity contribution in [2.24, 2.45) is 5.92 Å². The van der Waals surface area contributed by atoms with Gasteiger partial charge in [-0.25, -0.2) is 0 Å². The predicted molar refractivity (Wildman–Crippen MR) is 98.8 cm³/mol. The lowest BCUT2D eigenvalue weighted by Crippen LogP contribution is -2.53. The molecule has 28 heavy (non-hydrogen) atoms. The number of alkyl halides is 3. The van der Waals surface area contributed by atoms with Crippen LogP contribution in [0.3, 0.4) is 0 Å². The van der Waals surface area contributed by atoms with Gasteiger partial charge in [0.1, 0.15) is 0 Å². The minimum absolute atomic E-state index is 0.0250. The summed E-state index contributed by atoms with van der Waals surface area (Å²) < 4.78 is 38.6. The minimum atomic E-state index is -4.48. The first-order chi connectivity index (χ1) is 13.2. The Balaban J connectivity index is 1.52. The topological polar surface area (TPSA) is 43.9 Å². The van der Waals surface area contributed by atoms with Gasteiger partial charge in [-0.3, -0.25) is 14.5 Å². The van der Waals surface area contributed by atoms with E-state index >= 15 is 0 Å². The summed E-state index contributed by atoms with van der Waals surface area (Å²) >= 11 is 0. The molecule has 154 valence electrons. The van der Waals surface area contributed by atoms with E-state index in [-0.39, 0.29) is 11.5 Å². The van der Waals surface area contributed by atoms with Crippen LogP contribution in [0.15, 0.2) is 24.3 Å². The van der Waals surface area contributed by atoms with Crippen molar-refractivity contribution in [3.05, 3.63) is 35.4 Å². The van der Waals surface area contributed by atoms with Crippen LogP contribution in [0.25, 0.3) is 0 Å². The van der Waals surface area contributed by atoms with Crippen molar-refractivity contribution in [2.45, 2.75) is 25.9 Å². The van der Waals surface area contributed by atoms with E-state index in [0.29, 0.717) is 38.6 Å². The number of halogens is 3. The lowest BCUT2D eigenvalue weighted by Gasteiger charge is -2.37. The Morgan fingerprint density at radius 1 is 1.00 bits per heavy atom. The lowest BCUT2D eigenvalue weighted by atomic mass is 9.99. The molecule has 0 spiro atoms. The van der Waals surface area contributed by atoms with Crippen molar-refractivity contribution in [1.29, 1.82) is 0 Å². The molecule has 1 aromatic rings. The Kier molecular flexibility index (Phi) is 6.27. The number of hydrogen-bond acceptors (Lipinski definition) is 3. The maximum Gasteiger partial charge on any atom is 0.416 e. The summed E-state index contributed by atoms with van der Waals surface area (Å²) in [6, 6.07) is 4.48. The normalized spacial score (nSPS) is 19.7. The maximum atomic E-state index is 12.9. The SMILES string of the molecule is CC1CCN(CC(=O)N2CCN(C(=O)c3cccc(C(F)(F)F)c3)CC2)CC1. The van der Waals surface area contributed by atoms with Gasteiger partial charge in [0.2, 0.25) is 5.91 Å². The Labute approximate surface area is 163 Å². The average Bonchev–Trinajstić information content (AvgIpc) is 2.69. The Bertz CT molecular complexity index is 707. The molecule has 0 aliphatic carbocycles. The maximum absolute atomic E-state index is 12.9. The van der Waals surface area contributed by atoms with Gasteiger partial charge in [-0.05, 0) is 50.0 Å². The van der Waals surface area contributed by atoms with Gasteiger partial charge < -0.3 is 9.80 Å². The third kappa shape index (κ3) is 5.04. The molecule has 2 amide bonds. The van der Waals surface area contributed by atoms with Gasteiger partial charge in [-0.1, -0.05) is 13.0 Å². The molecule has 0 atom stereocenters. The molecule has 0 N–H and O–H groups in total. The van der Waals surface area contributed by atoms with Crippen molar-refractivity contribution in [3.8, 4) is 0 Å². The summed E-state index contributed by atoms with van der Waals surface area (Å²) in [4.78, 5) is 30.5. The van der Waals surface area contributed by atoms with Crippen molar-refractivity contribution < 1.29 is 22.8 Å². The third-order valence-corrected chi connectivity index (χ3v) is 5.59. The molecule has 5 nitrogen and oxygen atoms in total. The largest absolute Gasteiger partial charge is 0.416 e. The molecule has 2 fully saturated rings. The number of likely N-dealkylation sites (tertiary alicyclic amines) is 1. The highest BCUT2D eigenvalue weighted by Crippen LogP contribution is 2.29. The number of carbonyl (C=O) groups is 2. The van der Waals surface area contributed by atoms with Crippen LogP contribution in [-0.2, 0) is 11.0 Å². The zero-order chi connectivity index (χ0) is 20.3. The molecule has 1 aromatic carbocycles. The standard InChI is InChI=1S/C20H26F3N3O2/c1-15-5-7-24(8-6-15)14-18(27)25-9-11-26(12-10-25)19(28)16-3-2-4-17(13-16)20(21,22)23/h2-4,13,15H,5-12,14H2,1H3. The molecule has 0 bridgehead atoms. The van der Waals surface area contributed by atoms with Crippen molar-refractivity contribution in [3.63, 3.8) is 0 Å².